The molecule has 2 fully saturated rings. The third-order valence-corrected chi connectivity index (χ3v) is 11.0. The lowest BCUT2D eigenvalue weighted by molar-refractivity contribution is -0.138. The van der Waals surface area contributed by atoms with Crippen molar-refractivity contribution in [2.75, 3.05) is 101 Å². The molecule has 17 heteroatoms. The van der Waals surface area contributed by atoms with Gasteiger partial charge in [-0.15, -0.1) is 0 Å². The Labute approximate surface area is 358 Å². The van der Waals surface area contributed by atoms with Crippen LogP contribution in [0, 0.1) is 6.92 Å². The molecule has 2 aliphatic heterocycles. The van der Waals surface area contributed by atoms with E-state index in [-0.39, 0.29) is 52.3 Å². The van der Waals surface area contributed by atoms with Gasteiger partial charge in [0.05, 0.1) is 25.5 Å². The number of likely N-dealkylation sites (N-methyl/N-ethyl adjacent to an activating group) is 2. The maximum atomic E-state index is 14.4. The second-order valence-electron chi connectivity index (χ2n) is 15.3. The lowest BCUT2D eigenvalue weighted by atomic mass is 10.0. The fourth-order valence-corrected chi connectivity index (χ4v) is 7.27. The first-order valence-corrected chi connectivity index (χ1v) is 20.2. The Bertz CT molecular complexity index is 2370. The molecular weight excluding hydrogens is 804 g/mol. The van der Waals surface area contributed by atoms with Crippen molar-refractivity contribution in [1.82, 2.24) is 24.7 Å². The van der Waals surface area contributed by atoms with Gasteiger partial charge in [0.2, 0.25) is 5.95 Å². The summed E-state index contributed by atoms with van der Waals surface area (Å²) < 4.78 is 60.0. The Balaban J connectivity index is 1.12. The topological polar surface area (TPSA) is 128 Å². The van der Waals surface area contributed by atoms with Crippen molar-refractivity contribution < 1.29 is 37.0 Å². The number of aromatic nitrogens is 2. The summed E-state index contributed by atoms with van der Waals surface area (Å²) in [4.78, 5) is 46.9. The van der Waals surface area contributed by atoms with E-state index >= 15 is 0 Å². The number of halogens is 3. The van der Waals surface area contributed by atoms with Crippen LogP contribution in [0.1, 0.15) is 27.0 Å². The van der Waals surface area contributed by atoms with E-state index in [0.717, 1.165) is 56.7 Å². The average Bonchev–Trinajstić information content (AvgIpc) is 3.26. The van der Waals surface area contributed by atoms with Gasteiger partial charge in [0, 0.05) is 106 Å². The number of carbonyl (C=O) groups is 2. The molecular formula is C45H50F3N9O5. The summed E-state index contributed by atoms with van der Waals surface area (Å²) >= 11 is 0. The molecule has 3 heterocycles. The summed E-state index contributed by atoms with van der Waals surface area (Å²) in [5, 5.41) is 5.89. The predicted octanol–water partition coefficient (Wildman–Crippen LogP) is 7.65. The lowest BCUT2D eigenvalue weighted by Gasteiger charge is -2.34. The predicted molar refractivity (Wildman–Crippen MR) is 233 cm³/mol. The van der Waals surface area contributed by atoms with E-state index in [1.807, 2.05) is 36.2 Å². The molecule has 2 saturated heterocycles. The van der Waals surface area contributed by atoms with Crippen LogP contribution in [0.4, 0.5) is 52.5 Å². The number of rotatable bonds is 12. The normalized spacial score (nSPS) is 15.2. The Morgan fingerprint density at radius 3 is 2.15 bits per heavy atom. The maximum absolute atomic E-state index is 14.4. The van der Waals surface area contributed by atoms with Crippen LogP contribution in [0.3, 0.4) is 0 Å². The van der Waals surface area contributed by atoms with E-state index in [1.54, 1.807) is 43.3 Å². The fourth-order valence-electron chi connectivity index (χ4n) is 7.27. The number of ether oxygens (including phenoxy) is 3. The highest BCUT2D eigenvalue weighted by molar-refractivity contribution is 6.05. The molecule has 4 aromatic carbocycles. The second kappa shape index (κ2) is 19.1. The first-order valence-electron chi connectivity index (χ1n) is 20.2. The number of piperazine rings is 2. The molecule has 2 aliphatic rings. The minimum atomic E-state index is -4.67. The number of nitrogens with one attached hydrogen (secondary N) is 2. The number of alkyl halides is 3. The zero-order valence-corrected chi connectivity index (χ0v) is 35.3. The van der Waals surface area contributed by atoms with Gasteiger partial charge in [-0.05, 0) is 86.7 Å². The summed E-state index contributed by atoms with van der Waals surface area (Å²) in [7, 11) is 7.06. The molecule has 0 atom stereocenters. The van der Waals surface area contributed by atoms with Crippen molar-refractivity contribution in [1.29, 1.82) is 0 Å². The van der Waals surface area contributed by atoms with E-state index in [4.69, 9.17) is 14.2 Å². The number of hydrogen-bond acceptors (Lipinski definition) is 12. The van der Waals surface area contributed by atoms with E-state index < -0.39 is 23.7 Å². The van der Waals surface area contributed by atoms with E-state index in [2.05, 4.69) is 42.3 Å². The maximum Gasteiger partial charge on any atom is 0.425 e. The zero-order valence-electron chi connectivity index (χ0n) is 35.3. The highest BCUT2D eigenvalue weighted by atomic mass is 19.4. The minimum Gasteiger partial charge on any atom is -0.497 e. The third kappa shape index (κ3) is 10.5. The lowest BCUT2D eigenvalue weighted by Crippen LogP contribution is -2.44. The molecule has 0 spiro atoms. The number of hydrogen-bond donors (Lipinski definition) is 2. The van der Waals surface area contributed by atoms with Gasteiger partial charge in [0.15, 0.2) is 0 Å². The molecule has 7 rings (SSSR count). The number of carbonyl (C=O) groups excluding carboxylic acids is 2. The second-order valence-corrected chi connectivity index (χ2v) is 15.3. The summed E-state index contributed by atoms with van der Waals surface area (Å²) in [5.74, 6) is 0.430. The van der Waals surface area contributed by atoms with Crippen molar-refractivity contribution >= 4 is 46.5 Å². The van der Waals surface area contributed by atoms with Gasteiger partial charge in [-0.3, -0.25) is 9.69 Å². The van der Waals surface area contributed by atoms with Crippen molar-refractivity contribution in [2.45, 2.75) is 19.6 Å². The molecule has 2 N–H and O–H groups in total. The Kier molecular flexibility index (Phi) is 13.4. The average molecular weight is 854 g/mol. The van der Waals surface area contributed by atoms with Gasteiger partial charge < -0.3 is 39.5 Å². The molecule has 0 saturated carbocycles. The van der Waals surface area contributed by atoms with Crippen LogP contribution in [0.15, 0.2) is 91.1 Å². The molecule has 62 heavy (non-hydrogen) atoms. The first-order chi connectivity index (χ1) is 29.8. The summed E-state index contributed by atoms with van der Waals surface area (Å²) in [6.07, 6.45) is -4.05. The van der Waals surface area contributed by atoms with Crippen molar-refractivity contribution in [2.24, 2.45) is 0 Å². The van der Waals surface area contributed by atoms with Crippen LogP contribution in [0.2, 0.25) is 0 Å². The van der Waals surface area contributed by atoms with Crippen molar-refractivity contribution in [3.05, 3.63) is 113 Å². The Hall–Kier alpha value is -6.43. The SMILES string of the molecule is COc1ccc(N(C(=O)Oc2cc(NC(=O)c3ccc(CN4CCN(C)CC4)c(C(F)(F)F)c3)ccc2C)c2ccnc(Nc3ccc(N4CCN(C)CC4)cc3)n2)c(OC)c1. The molecule has 2 amide bonds. The largest absolute Gasteiger partial charge is 0.497 e. The van der Waals surface area contributed by atoms with Gasteiger partial charge >= 0.3 is 12.3 Å². The minimum absolute atomic E-state index is 0.0802. The van der Waals surface area contributed by atoms with Gasteiger partial charge in [-0.2, -0.15) is 18.2 Å². The summed E-state index contributed by atoms with van der Waals surface area (Å²) in [6, 6.07) is 22.6. The van der Waals surface area contributed by atoms with Crippen LogP contribution < -0.4 is 34.6 Å². The highest BCUT2D eigenvalue weighted by Crippen LogP contribution is 2.38. The molecule has 0 radical (unpaired) electrons. The molecule has 0 bridgehead atoms. The number of anilines is 6. The van der Waals surface area contributed by atoms with Crippen LogP contribution in [0.5, 0.6) is 17.2 Å². The molecule has 0 unspecified atom stereocenters. The van der Waals surface area contributed by atoms with E-state index in [1.165, 1.54) is 43.5 Å². The Morgan fingerprint density at radius 1 is 0.774 bits per heavy atom. The Morgan fingerprint density at radius 2 is 1.47 bits per heavy atom. The number of nitrogens with zero attached hydrogens (tertiary/aromatic N) is 7. The van der Waals surface area contributed by atoms with Crippen LogP contribution in [-0.2, 0) is 12.7 Å². The molecule has 326 valence electrons. The van der Waals surface area contributed by atoms with Gasteiger partial charge in [0.25, 0.3) is 5.91 Å². The van der Waals surface area contributed by atoms with E-state index in [0.29, 0.717) is 24.4 Å². The monoisotopic (exact) mass is 853 g/mol. The highest BCUT2D eigenvalue weighted by Gasteiger charge is 2.35. The molecule has 5 aromatic rings. The number of amides is 2. The zero-order chi connectivity index (χ0) is 44.0. The third-order valence-electron chi connectivity index (χ3n) is 11.0. The van der Waals surface area contributed by atoms with Crippen LogP contribution >= 0.6 is 0 Å². The number of aryl methyl sites for hydroxylation is 1. The van der Waals surface area contributed by atoms with Crippen molar-refractivity contribution in [3.8, 4) is 17.2 Å². The summed E-state index contributed by atoms with van der Waals surface area (Å²) in [6.45, 7) is 8.49. The van der Waals surface area contributed by atoms with Crippen LogP contribution in [-0.4, -0.2) is 117 Å². The van der Waals surface area contributed by atoms with Crippen molar-refractivity contribution in [3.63, 3.8) is 0 Å². The number of methoxy groups -OCH3 is 2. The fraction of sp³-hybridized carbons (Fsp3) is 0.333. The number of benzene rings is 4. The van der Waals surface area contributed by atoms with Crippen LogP contribution in [0.25, 0.3) is 0 Å². The molecule has 14 nitrogen and oxygen atoms in total. The molecule has 1 aromatic heterocycles. The first kappa shape index (κ1) is 43.7. The van der Waals surface area contributed by atoms with Gasteiger partial charge in [-0.25, -0.2) is 14.7 Å². The molecule has 0 aliphatic carbocycles. The van der Waals surface area contributed by atoms with Gasteiger partial charge in [-0.1, -0.05) is 12.1 Å². The smallest absolute Gasteiger partial charge is 0.425 e. The van der Waals surface area contributed by atoms with E-state index in [9.17, 15) is 22.8 Å². The quantitative estimate of drug-likeness (QED) is 0.128. The van der Waals surface area contributed by atoms with Gasteiger partial charge in [0.1, 0.15) is 23.1 Å². The summed E-state index contributed by atoms with van der Waals surface area (Å²) in [5.41, 5.74) is 1.92. The standard InChI is InChI=1S/C45H50F3N9O5/c1-30-6-9-34(50-42(58)31-7-8-32(37(26-31)45(46,47)48)29-55-22-18-53(2)19-23-55)27-39(30)62-44(59)57(38-15-14-36(60-4)28-40(38)61-5)41-16-17-49-43(52-41)51-33-10-12-35(13-11-33)56-24-20-54(3)21-25-56/h6-17,26-28H,18-25,29H2,1-5H3,(H,50,58)(H,49,51,52).